The van der Waals surface area contributed by atoms with Crippen molar-refractivity contribution in [1.29, 1.82) is 0 Å². The van der Waals surface area contributed by atoms with Gasteiger partial charge < -0.3 is 15.0 Å². The van der Waals surface area contributed by atoms with Crippen molar-refractivity contribution in [3.8, 4) is 5.88 Å². The largest absolute Gasteiger partial charge is 0.481 e. The molecule has 2 aromatic heterocycles. The topological polar surface area (TPSA) is 67.3 Å². The summed E-state index contributed by atoms with van der Waals surface area (Å²) in [5, 5.41) is 3.46. The monoisotopic (exact) mass is 388 g/mol. The Bertz CT molecular complexity index is 833. The molecule has 6 nitrogen and oxygen atoms in total. The van der Waals surface area contributed by atoms with Crippen molar-refractivity contribution in [3.63, 3.8) is 0 Å². The van der Waals surface area contributed by atoms with Crippen molar-refractivity contribution < 1.29 is 9.53 Å². The number of hydrogen-bond acceptors (Lipinski definition) is 5. The van der Waals surface area contributed by atoms with Gasteiger partial charge in [0.1, 0.15) is 5.82 Å². The van der Waals surface area contributed by atoms with Gasteiger partial charge in [0.25, 0.3) is 5.91 Å². The molecule has 3 heterocycles. The molecule has 0 saturated carbocycles. The van der Waals surface area contributed by atoms with E-state index in [1.807, 2.05) is 13.8 Å². The minimum absolute atomic E-state index is 0.227. The second-order valence-corrected chi connectivity index (χ2v) is 7.16. The molecule has 0 aromatic carbocycles. The van der Waals surface area contributed by atoms with Gasteiger partial charge in [0, 0.05) is 31.0 Å². The van der Waals surface area contributed by atoms with Crippen LogP contribution in [0.5, 0.6) is 5.88 Å². The first kappa shape index (κ1) is 19.4. The summed E-state index contributed by atoms with van der Waals surface area (Å²) in [4.78, 5) is 24.1. The van der Waals surface area contributed by atoms with E-state index in [0.717, 1.165) is 43.0 Å². The van der Waals surface area contributed by atoms with Gasteiger partial charge in [-0.2, -0.15) is 0 Å². The summed E-state index contributed by atoms with van der Waals surface area (Å²) in [6.45, 7) is 5.56. The molecule has 0 aliphatic carbocycles. The lowest BCUT2D eigenvalue weighted by Gasteiger charge is -2.26. The van der Waals surface area contributed by atoms with Crippen molar-refractivity contribution >= 4 is 29.0 Å². The van der Waals surface area contributed by atoms with Crippen LogP contribution in [-0.2, 0) is 0 Å². The number of halogens is 1. The minimum atomic E-state index is -0.227. The SMILES string of the molecule is COc1cc(NC(=O)c2c(N3CCCCCC3)nc(C)c(Cl)c2C)ccn1. The normalized spacial score (nSPS) is 14.6. The molecule has 144 valence electrons. The summed E-state index contributed by atoms with van der Waals surface area (Å²) in [6, 6.07) is 3.41. The molecule has 0 spiro atoms. The fraction of sp³-hybridized carbons (Fsp3) is 0.450. The van der Waals surface area contributed by atoms with Gasteiger partial charge >= 0.3 is 0 Å². The maximum absolute atomic E-state index is 13.1. The zero-order chi connectivity index (χ0) is 19.4. The zero-order valence-electron chi connectivity index (χ0n) is 16.0. The summed E-state index contributed by atoms with van der Waals surface area (Å²) in [6.07, 6.45) is 6.22. The van der Waals surface area contributed by atoms with Gasteiger partial charge in [0.15, 0.2) is 0 Å². The number of nitrogens with zero attached hydrogens (tertiary/aromatic N) is 3. The Labute approximate surface area is 164 Å². The van der Waals surface area contributed by atoms with E-state index in [4.69, 9.17) is 21.3 Å². The fourth-order valence-corrected chi connectivity index (χ4v) is 3.52. The summed E-state index contributed by atoms with van der Waals surface area (Å²) in [5.41, 5.74) is 2.64. The average Bonchev–Trinajstić information content (AvgIpc) is 2.95. The number of ether oxygens (including phenoxy) is 1. The maximum atomic E-state index is 13.1. The van der Waals surface area contributed by atoms with Crippen molar-refractivity contribution in [2.75, 3.05) is 30.4 Å². The predicted molar refractivity (Wildman–Crippen MR) is 108 cm³/mol. The minimum Gasteiger partial charge on any atom is -0.481 e. The van der Waals surface area contributed by atoms with Crippen molar-refractivity contribution in [1.82, 2.24) is 9.97 Å². The molecule has 2 aromatic rings. The van der Waals surface area contributed by atoms with Gasteiger partial charge in [-0.3, -0.25) is 4.79 Å². The van der Waals surface area contributed by atoms with Gasteiger partial charge in [-0.25, -0.2) is 9.97 Å². The molecular formula is C20H25ClN4O2. The lowest BCUT2D eigenvalue weighted by molar-refractivity contribution is 0.102. The quantitative estimate of drug-likeness (QED) is 0.841. The Kier molecular flexibility index (Phi) is 6.16. The van der Waals surface area contributed by atoms with Crippen LogP contribution in [0.3, 0.4) is 0 Å². The fourth-order valence-electron chi connectivity index (χ4n) is 3.39. The number of aryl methyl sites for hydroxylation is 1. The number of nitrogens with one attached hydrogen (secondary N) is 1. The third kappa shape index (κ3) is 4.33. The van der Waals surface area contributed by atoms with Gasteiger partial charge in [0.05, 0.1) is 23.4 Å². The van der Waals surface area contributed by atoms with E-state index in [1.54, 1.807) is 25.4 Å². The molecule has 1 aliphatic rings. The maximum Gasteiger partial charge on any atom is 0.259 e. The number of anilines is 2. The van der Waals surface area contributed by atoms with Crippen molar-refractivity contribution in [2.45, 2.75) is 39.5 Å². The van der Waals surface area contributed by atoms with E-state index in [-0.39, 0.29) is 5.91 Å². The smallest absolute Gasteiger partial charge is 0.259 e. The first-order valence-electron chi connectivity index (χ1n) is 9.24. The molecule has 0 bridgehead atoms. The van der Waals surface area contributed by atoms with Gasteiger partial charge in [-0.05, 0) is 38.3 Å². The molecule has 0 radical (unpaired) electrons. The number of rotatable bonds is 4. The highest BCUT2D eigenvalue weighted by Gasteiger charge is 2.24. The molecule has 1 amide bonds. The van der Waals surface area contributed by atoms with Crippen LogP contribution in [0.15, 0.2) is 18.3 Å². The summed E-state index contributed by atoms with van der Waals surface area (Å²) in [5.74, 6) is 0.932. The predicted octanol–water partition coefficient (Wildman–Crippen LogP) is 4.39. The average molecular weight is 389 g/mol. The molecule has 3 rings (SSSR count). The highest BCUT2D eigenvalue weighted by Crippen LogP contribution is 2.31. The molecule has 7 heteroatoms. The van der Waals surface area contributed by atoms with E-state index >= 15 is 0 Å². The third-order valence-electron chi connectivity index (χ3n) is 4.85. The van der Waals surface area contributed by atoms with Crippen LogP contribution in [0.4, 0.5) is 11.5 Å². The summed E-state index contributed by atoms with van der Waals surface area (Å²) in [7, 11) is 1.54. The lowest BCUT2D eigenvalue weighted by atomic mass is 10.1. The van der Waals surface area contributed by atoms with Crippen LogP contribution in [0, 0.1) is 13.8 Å². The standard InChI is InChI=1S/C20H25ClN4O2/c1-13-17(20(26)24-15-8-9-22-16(12-15)27-3)19(23-14(2)18(13)21)25-10-6-4-5-7-11-25/h8-9,12H,4-7,10-11H2,1-3H3,(H,22,24,26). The number of hydrogen-bond donors (Lipinski definition) is 1. The third-order valence-corrected chi connectivity index (χ3v) is 5.41. The second-order valence-electron chi connectivity index (χ2n) is 6.78. The molecule has 1 N–H and O–H groups in total. The van der Waals surface area contributed by atoms with Crippen LogP contribution >= 0.6 is 11.6 Å². The van der Waals surface area contributed by atoms with E-state index in [9.17, 15) is 4.79 Å². The van der Waals surface area contributed by atoms with Crippen LogP contribution in [0.25, 0.3) is 0 Å². The van der Waals surface area contributed by atoms with Crippen LogP contribution in [0.2, 0.25) is 5.02 Å². The van der Waals surface area contributed by atoms with Crippen molar-refractivity contribution in [2.24, 2.45) is 0 Å². The Morgan fingerprint density at radius 2 is 1.93 bits per heavy atom. The molecular weight excluding hydrogens is 364 g/mol. The van der Waals surface area contributed by atoms with E-state index in [0.29, 0.717) is 22.2 Å². The summed E-state index contributed by atoms with van der Waals surface area (Å²) >= 11 is 6.43. The Hall–Kier alpha value is -2.34. The molecule has 27 heavy (non-hydrogen) atoms. The molecule has 1 fully saturated rings. The van der Waals surface area contributed by atoms with Gasteiger partial charge in [-0.15, -0.1) is 0 Å². The molecule has 1 aliphatic heterocycles. The highest BCUT2D eigenvalue weighted by atomic mass is 35.5. The van der Waals surface area contributed by atoms with Crippen molar-refractivity contribution in [3.05, 3.63) is 40.2 Å². The number of methoxy groups -OCH3 is 1. The van der Waals surface area contributed by atoms with E-state index < -0.39 is 0 Å². The first-order valence-corrected chi connectivity index (χ1v) is 9.62. The molecule has 1 saturated heterocycles. The molecule has 0 atom stereocenters. The van der Waals surface area contributed by atoms with Gasteiger partial charge in [-0.1, -0.05) is 24.4 Å². The Morgan fingerprint density at radius 1 is 1.22 bits per heavy atom. The first-order chi connectivity index (χ1) is 13.0. The Morgan fingerprint density at radius 3 is 2.59 bits per heavy atom. The van der Waals surface area contributed by atoms with Crippen LogP contribution in [-0.4, -0.2) is 36.1 Å². The van der Waals surface area contributed by atoms with Crippen LogP contribution in [0.1, 0.15) is 47.3 Å². The second kappa shape index (κ2) is 8.57. The van der Waals surface area contributed by atoms with E-state index in [2.05, 4.69) is 15.2 Å². The van der Waals surface area contributed by atoms with Crippen LogP contribution < -0.4 is 15.0 Å². The number of carbonyl (C=O) groups excluding carboxylic acids is 1. The number of aromatic nitrogens is 2. The highest BCUT2D eigenvalue weighted by molar-refractivity contribution is 6.32. The Balaban J connectivity index is 1.99. The van der Waals surface area contributed by atoms with E-state index in [1.165, 1.54) is 12.8 Å². The lowest BCUT2D eigenvalue weighted by Crippen LogP contribution is -2.29. The number of amides is 1. The zero-order valence-corrected chi connectivity index (χ0v) is 16.8. The number of carbonyl (C=O) groups is 1. The number of pyridine rings is 2. The summed E-state index contributed by atoms with van der Waals surface area (Å²) < 4.78 is 5.13. The molecule has 0 unspecified atom stereocenters. The van der Waals surface area contributed by atoms with Gasteiger partial charge in [0.2, 0.25) is 5.88 Å².